The highest BCUT2D eigenvalue weighted by atomic mass is 16.3. The first kappa shape index (κ1) is 8.75. The molecule has 1 rings (SSSR count). The summed E-state index contributed by atoms with van der Waals surface area (Å²) in [4.78, 5) is 0. The van der Waals surface area contributed by atoms with Crippen LogP contribution in [-0.2, 0) is 0 Å². The third-order valence-corrected chi connectivity index (χ3v) is 2.60. The van der Waals surface area contributed by atoms with Crippen LogP contribution in [0.4, 0.5) is 0 Å². The lowest BCUT2D eigenvalue weighted by Gasteiger charge is -2.32. The molecule has 0 aliphatic heterocycles. The summed E-state index contributed by atoms with van der Waals surface area (Å²) in [5.74, 6) is 0. The largest absolute Gasteiger partial charge is 0.396 e. The van der Waals surface area contributed by atoms with E-state index in [-0.39, 0.29) is 18.6 Å². The quantitative estimate of drug-likeness (QED) is 0.587. The van der Waals surface area contributed by atoms with Gasteiger partial charge in [0, 0.05) is 5.41 Å². The Labute approximate surface area is 67.6 Å². The van der Waals surface area contributed by atoms with Crippen LogP contribution < -0.4 is 0 Å². The molecule has 0 unspecified atom stereocenters. The van der Waals surface area contributed by atoms with Crippen molar-refractivity contribution in [3.8, 4) is 0 Å². The van der Waals surface area contributed by atoms with Crippen LogP contribution in [0.3, 0.4) is 0 Å². The van der Waals surface area contributed by atoms with Gasteiger partial charge in [-0.1, -0.05) is 11.6 Å². The Bertz CT molecular complexity index is 157. The maximum absolute atomic E-state index is 9.04. The van der Waals surface area contributed by atoms with Crippen LogP contribution in [0.1, 0.15) is 26.2 Å². The molecule has 2 N–H and O–H groups in total. The van der Waals surface area contributed by atoms with Crippen molar-refractivity contribution < 1.29 is 10.2 Å². The lowest BCUT2D eigenvalue weighted by Crippen LogP contribution is -2.31. The van der Waals surface area contributed by atoms with Gasteiger partial charge in [0.1, 0.15) is 0 Å². The smallest absolute Gasteiger partial charge is 0.0512 e. The minimum atomic E-state index is -0.223. The van der Waals surface area contributed by atoms with Gasteiger partial charge in [-0.3, -0.25) is 0 Å². The molecule has 1 aliphatic carbocycles. The van der Waals surface area contributed by atoms with E-state index in [4.69, 9.17) is 10.2 Å². The van der Waals surface area contributed by atoms with E-state index in [9.17, 15) is 0 Å². The van der Waals surface area contributed by atoms with Crippen LogP contribution in [0.5, 0.6) is 0 Å². The van der Waals surface area contributed by atoms with E-state index in [1.807, 2.05) is 0 Å². The lowest BCUT2D eigenvalue weighted by molar-refractivity contribution is 0.0459. The minimum absolute atomic E-state index is 0.104. The normalized spacial score (nSPS) is 23.0. The highest BCUT2D eigenvalue weighted by molar-refractivity contribution is 5.06. The zero-order chi connectivity index (χ0) is 8.32. The highest BCUT2D eigenvalue weighted by Crippen LogP contribution is 2.34. The van der Waals surface area contributed by atoms with Crippen molar-refractivity contribution in [3.05, 3.63) is 11.6 Å². The van der Waals surface area contributed by atoms with Crippen LogP contribution in [0.15, 0.2) is 11.6 Å². The van der Waals surface area contributed by atoms with Crippen LogP contribution >= 0.6 is 0 Å². The summed E-state index contributed by atoms with van der Waals surface area (Å²) in [6, 6.07) is 0. The fraction of sp³-hybridized carbons (Fsp3) is 0.778. The molecule has 2 heteroatoms. The Hall–Kier alpha value is -0.340. The molecule has 64 valence electrons. The standard InChI is InChI=1S/C9H16O2/c1-8-2-4-9(6-10,7-11)5-3-8/h2,10-11H,3-7H2,1H3. The zero-order valence-electron chi connectivity index (χ0n) is 7.01. The Balaban J connectivity index is 2.61. The van der Waals surface area contributed by atoms with Crippen molar-refractivity contribution >= 4 is 0 Å². The molecule has 0 amide bonds. The van der Waals surface area contributed by atoms with Crippen LogP contribution in [0.2, 0.25) is 0 Å². The average Bonchev–Trinajstić information content (AvgIpc) is 2.07. The average molecular weight is 156 g/mol. The molecule has 0 radical (unpaired) electrons. The van der Waals surface area contributed by atoms with Crippen molar-refractivity contribution in [1.29, 1.82) is 0 Å². The predicted octanol–water partition coefficient (Wildman–Crippen LogP) is 1.09. The maximum atomic E-state index is 9.04. The number of hydrogen-bond donors (Lipinski definition) is 2. The second-order valence-corrected chi connectivity index (χ2v) is 3.57. The van der Waals surface area contributed by atoms with E-state index in [1.165, 1.54) is 5.57 Å². The number of aliphatic hydroxyl groups is 2. The fourth-order valence-electron chi connectivity index (χ4n) is 1.39. The van der Waals surface area contributed by atoms with E-state index in [0.29, 0.717) is 0 Å². The monoisotopic (exact) mass is 156 g/mol. The summed E-state index contributed by atoms with van der Waals surface area (Å²) in [7, 11) is 0. The summed E-state index contributed by atoms with van der Waals surface area (Å²) in [6.45, 7) is 2.30. The van der Waals surface area contributed by atoms with Gasteiger partial charge in [0.05, 0.1) is 13.2 Å². The summed E-state index contributed by atoms with van der Waals surface area (Å²) < 4.78 is 0. The van der Waals surface area contributed by atoms with Gasteiger partial charge < -0.3 is 10.2 Å². The highest BCUT2D eigenvalue weighted by Gasteiger charge is 2.29. The molecular weight excluding hydrogens is 140 g/mol. The van der Waals surface area contributed by atoms with Gasteiger partial charge in [-0.15, -0.1) is 0 Å². The Morgan fingerprint density at radius 1 is 1.45 bits per heavy atom. The number of hydrogen-bond acceptors (Lipinski definition) is 2. The first-order chi connectivity index (χ1) is 5.22. The van der Waals surface area contributed by atoms with Crippen molar-refractivity contribution in [1.82, 2.24) is 0 Å². The van der Waals surface area contributed by atoms with E-state index >= 15 is 0 Å². The fourth-order valence-corrected chi connectivity index (χ4v) is 1.39. The maximum Gasteiger partial charge on any atom is 0.0512 e. The van der Waals surface area contributed by atoms with Crippen LogP contribution in [0.25, 0.3) is 0 Å². The molecule has 0 bridgehead atoms. The molecule has 1 aliphatic rings. The first-order valence-corrected chi connectivity index (χ1v) is 4.10. The van der Waals surface area contributed by atoms with E-state index < -0.39 is 0 Å². The molecule has 0 aromatic carbocycles. The predicted molar refractivity (Wildman–Crippen MR) is 44.2 cm³/mol. The number of aliphatic hydroxyl groups excluding tert-OH is 2. The summed E-state index contributed by atoms with van der Waals surface area (Å²) in [5.41, 5.74) is 1.15. The second-order valence-electron chi connectivity index (χ2n) is 3.57. The Morgan fingerprint density at radius 2 is 2.09 bits per heavy atom. The molecule has 2 nitrogen and oxygen atoms in total. The van der Waals surface area contributed by atoms with Gasteiger partial charge in [0.25, 0.3) is 0 Å². The molecule has 11 heavy (non-hydrogen) atoms. The molecule has 0 saturated carbocycles. The molecule has 0 saturated heterocycles. The van der Waals surface area contributed by atoms with Crippen molar-refractivity contribution in [2.24, 2.45) is 5.41 Å². The van der Waals surface area contributed by atoms with Crippen LogP contribution in [0, 0.1) is 5.41 Å². The summed E-state index contributed by atoms with van der Waals surface area (Å²) in [6.07, 6.45) is 4.88. The molecule has 0 spiro atoms. The third kappa shape index (κ3) is 1.82. The molecule has 0 aromatic heterocycles. The molecule has 0 atom stereocenters. The van der Waals surface area contributed by atoms with E-state index in [1.54, 1.807) is 0 Å². The van der Waals surface area contributed by atoms with Crippen LogP contribution in [-0.4, -0.2) is 23.4 Å². The van der Waals surface area contributed by atoms with Gasteiger partial charge in [-0.2, -0.15) is 0 Å². The van der Waals surface area contributed by atoms with Gasteiger partial charge in [0.2, 0.25) is 0 Å². The molecular formula is C9H16O2. The van der Waals surface area contributed by atoms with Gasteiger partial charge in [0.15, 0.2) is 0 Å². The first-order valence-electron chi connectivity index (χ1n) is 4.10. The Morgan fingerprint density at radius 3 is 2.45 bits per heavy atom. The SMILES string of the molecule is CC1=CCC(CO)(CO)CC1. The zero-order valence-corrected chi connectivity index (χ0v) is 7.01. The van der Waals surface area contributed by atoms with Gasteiger partial charge in [-0.05, 0) is 26.2 Å². The molecule has 0 heterocycles. The number of rotatable bonds is 2. The third-order valence-electron chi connectivity index (χ3n) is 2.60. The van der Waals surface area contributed by atoms with E-state index in [0.717, 1.165) is 19.3 Å². The van der Waals surface area contributed by atoms with E-state index in [2.05, 4.69) is 13.0 Å². The molecule has 0 fully saturated rings. The second kappa shape index (κ2) is 3.37. The topological polar surface area (TPSA) is 40.5 Å². The van der Waals surface area contributed by atoms with Crippen molar-refractivity contribution in [3.63, 3.8) is 0 Å². The van der Waals surface area contributed by atoms with Gasteiger partial charge >= 0.3 is 0 Å². The van der Waals surface area contributed by atoms with Gasteiger partial charge in [-0.25, -0.2) is 0 Å². The van der Waals surface area contributed by atoms with Crippen molar-refractivity contribution in [2.45, 2.75) is 26.2 Å². The number of allylic oxidation sites excluding steroid dienone is 2. The van der Waals surface area contributed by atoms with Crippen molar-refractivity contribution in [2.75, 3.05) is 13.2 Å². The summed E-state index contributed by atoms with van der Waals surface area (Å²) in [5, 5.41) is 18.1. The Kier molecular flexibility index (Phi) is 2.68. The lowest BCUT2D eigenvalue weighted by atomic mass is 9.76. The summed E-state index contributed by atoms with van der Waals surface area (Å²) >= 11 is 0. The molecule has 0 aromatic rings. The minimum Gasteiger partial charge on any atom is -0.396 e.